The van der Waals surface area contributed by atoms with E-state index in [1.165, 1.54) is 11.4 Å². The highest BCUT2D eigenvalue weighted by atomic mass is 15.2. The molecule has 1 aromatic carbocycles. The third-order valence-electron chi connectivity index (χ3n) is 2.50. The number of para-hydroxylation sites is 2. The van der Waals surface area contributed by atoms with Crippen molar-refractivity contribution in [2.75, 3.05) is 23.3 Å². The molecule has 2 nitrogen and oxygen atoms in total. The van der Waals surface area contributed by atoms with Gasteiger partial charge in [-0.15, -0.1) is 0 Å². The van der Waals surface area contributed by atoms with Crippen molar-refractivity contribution < 1.29 is 0 Å². The molecule has 0 saturated heterocycles. The first-order valence-electron chi connectivity index (χ1n) is 4.88. The molecule has 0 bridgehead atoms. The highest BCUT2D eigenvalue weighted by Crippen LogP contribution is 2.29. The molecular formula is C11H16N2. The minimum Gasteiger partial charge on any atom is -0.382 e. The Morgan fingerprint density at radius 3 is 2.85 bits per heavy atom. The van der Waals surface area contributed by atoms with Gasteiger partial charge in [-0.05, 0) is 26.0 Å². The minimum absolute atomic E-state index is 0.586. The molecule has 0 radical (unpaired) electrons. The molecule has 13 heavy (non-hydrogen) atoms. The average Bonchev–Trinajstić information content (AvgIpc) is 2.17. The van der Waals surface area contributed by atoms with E-state index >= 15 is 0 Å². The Kier molecular flexibility index (Phi) is 2.13. The Bertz CT molecular complexity index is 294. The second kappa shape index (κ2) is 3.29. The number of hydrogen-bond acceptors (Lipinski definition) is 2. The number of anilines is 2. The molecule has 1 aliphatic rings. The molecule has 70 valence electrons. The molecular weight excluding hydrogens is 160 g/mol. The van der Waals surface area contributed by atoms with Crippen LogP contribution in [0.3, 0.4) is 0 Å². The molecule has 0 aromatic heterocycles. The summed E-state index contributed by atoms with van der Waals surface area (Å²) >= 11 is 0. The van der Waals surface area contributed by atoms with E-state index in [0.29, 0.717) is 6.04 Å². The van der Waals surface area contributed by atoms with Crippen molar-refractivity contribution in [1.29, 1.82) is 0 Å². The van der Waals surface area contributed by atoms with Crippen LogP contribution in [0.2, 0.25) is 0 Å². The van der Waals surface area contributed by atoms with E-state index in [1.54, 1.807) is 0 Å². The Balaban J connectivity index is 2.37. The molecule has 0 aliphatic carbocycles. The van der Waals surface area contributed by atoms with Gasteiger partial charge in [0.15, 0.2) is 0 Å². The van der Waals surface area contributed by atoms with Crippen molar-refractivity contribution in [3.63, 3.8) is 0 Å². The van der Waals surface area contributed by atoms with Crippen molar-refractivity contribution in [2.24, 2.45) is 0 Å². The summed E-state index contributed by atoms with van der Waals surface area (Å²) < 4.78 is 0. The quantitative estimate of drug-likeness (QED) is 0.706. The zero-order valence-electron chi connectivity index (χ0n) is 8.25. The third-order valence-corrected chi connectivity index (χ3v) is 2.50. The van der Waals surface area contributed by atoms with Gasteiger partial charge in [0.1, 0.15) is 0 Å². The van der Waals surface area contributed by atoms with E-state index in [4.69, 9.17) is 0 Å². The van der Waals surface area contributed by atoms with Crippen molar-refractivity contribution in [1.82, 2.24) is 0 Å². The Morgan fingerprint density at radius 2 is 2.08 bits per heavy atom. The molecule has 0 unspecified atom stereocenters. The van der Waals surface area contributed by atoms with Gasteiger partial charge >= 0.3 is 0 Å². The second-order valence-corrected chi connectivity index (χ2v) is 3.73. The molecule has 1 aromatic rings. The fourth-order valence-electron chi connectivity index (χ4n) is 1.84. The molecule has 0 atom stereocenters. The van der Waals surface area contributed by atoms with E-state index < -0.39 is 0 Å². The Morgan fingerprint density at radius 1 is 1.31 bits per heavy atom. The summed E-state index contributed by atoms with van der Waals surface area (Å²) in [4.78, 5) is 2.44. The van der Waals surface area contributed by atoms with Crippen molar-refractivity contribution in [2.45, 2.75) is 19.9 Å². The van der Waals surface area contributed by atoms with Gasteiger partial charge < -0.3 is 10.2 Å². The fourth-order valence-corrected chi connectivity index (χ4v) is 1.84. The number of benzene rings is 1. The molecule has 0 spiro atoms. The van der Waals surface area contributed by atoms with Crippen LogP contribution in [-0.2, 0) is 0 Å². The van der Waals surface area contributed by atoms with E-state index in [0.717, 1.165) is 13.1 Å². The topological polar surface area (TPSA) is 15.3 Å². The maximum atomic E-state index is 3.41. The van der Waals surface area contributed by atoms with Crippen LogP contribution in [0.25, 0.3) is 0 Å². The predicted molar refractivity (Wildman–Crippen MR) is 57.4 cm³/mol. The summed E-state index contributed by atoms with van der Waals surface area (Å²) in [5.41, 5.74) is 2.60. The van der Waals surface area contributed by atoms with Crippen LogP contribution in [-0.4, -0.2) is 19.1 Å². The van der Waals surface area contributed by atoms with Gasteiger partial charge in [0.2, 0.25) is 0 Å². The standard InChI is InChI=1S/C11H16N2/c1-9(2)13-8-7-12-10-5-3-4-6-11(10)13/h3-6,9,12H,7-8H2,1-2H3. The monoisotopic (exact) mass is 176 g/mol. The summed E-state index contributed by atoms with van der Waals surface area (Å²) in [5.74, 6) is 0. The molecule has 0 amide bonds. The summed E-state index contributed by atoms with van der Waals surface area (Å²) in [7, 11) is 0. The smallest absolute Gasteiger partial charge is 0.0604 e. The fraction of sp³-hybridized carbons (Fsp3) is 0.455. The summed E-state index contributed by atoms with van der Waals surface area (Å²) in [6, 6.07) is 9.09. The molecule has 1 aliphatic heterocycles. The number of nitrogens with zero attached hydrogens (tertiary/aromatic N) is 1. The van der Waals surface area contributed by atoms with E-state index in [-0.39, 0.29) is 0 Å². The van der Waals surface area contributed by atoms with Gasteiger partial charge in [0.05, 0.1) is 11.4 Å². The van der Waals surface area contributed by atoms with Crippen LogP contribution in [0, 0.1) is 0 Å². The summed E-state index contributed by atoms with van der Waals surface area (Å²) in [5, 5.41) is 3.41. The number of rotatable bonds is 1. The molecule has 1 N–H and O–H groups in total. The number of nitrogens with one attached hydrogen (secondary N) is 1. The molecule has 2 heteroatoms. The van der Waals surface area contributed by atoms with Gasteiger partial charge in [-0.2, -0.15) is 0 Å². The predicted octanol–water partition coefficient (Wildman–Crippen LogP) is 2.33. The van der Waals surface area contributed by atoms with Crippen LogP contribution in [0.4, 0.5) is 11.4 Å². The van der Waals surface area contributed by atoms with Gasteiger partial charge in [-0.3, -0.25) is 0 Å². The average molecular weight is 176 g/mol. The van der Waals surface area contributed by atoms with Crippen molar-refractivity contribution >= 4 is 11.4 Å². The van der Waals surface area contributed by atoms with E-state index in [9.17, 15) is 0 Å². The van der Waals surface area contributed by atoms with Crippen LogP contribution < -0.4 is 10.2 Å². The third kappa shape index (κ3) is 1.48. The lowest BCUT2D eigenvalue weighted by Gasteiger charge is -2.35. The summed E-state index contributed by atoms with van der Waals surface area (Å²) in [6.45, 7) is 6.63. The lowest BCUT2D eigenvalue weighted by molar-refractivity contribution is 0.681. The Labute approximate surface area is 79.6 Å². The SMILES string of the molecule is CC(C)N1CCNc2ccccc21. The molecule has 0 saturated carbocycles. The summed E-state index contributed by atoms with van der Waals surface area (Å²) in [6.07, 6.45) is 0. The van der Waals surface area contributed by atoms with Gasteiger partial charge in [0, 0.05) is 19.1 Å². The highest BCUT2D eigenvalue weighted by molar-refractivity contribution is 5.72. The van der Waals surface area contributed by atoms with E-state index in [2.05, 4.69) is 48.3 Å². The molecule has 1 heterocycles. The lowest BCUT2D eigenvalue weighted by Crippen LogP contribution is -2.38. The molecule has 0 fully saturated rings. The van der Waals surface area contributed by atoms with Gasteiger partial charge in [-0.25, -0.2) is 0 Å². The van der Waals surface area contributed by atoms with Gasteiger partial charge in [-0.1, -0.05) is 12.1 Å². The van der Waals surface area contributed by atoms with E-state index in [1.807, 2.05) is 0 Å². The highest BCUT2D eigenvalue weighted by Gasteiger charge is 2.17. The van der Waals surface area contributed by atoms with Crippen LogP contribution in [0.5, 0.6) is 0 Å². The largest absolute Gasteiger partial charge is 0.382 e. The second-order valence-electron chi connectivity index (χ2n) is 3.73. The first kappa shape index (κ1) is 8.42. The van der Waals surface area contributed by atoms with Crippen LogP contribution in [0.15, 0.2) is 24.3 Å². The first-order valence-corrected chi connectivity index (χ1v) is 4.88. The van der Waals surface area contributed by atoms with Crippen molar-refractivity contribution in [3.05, 3.63) is 24.3 Å². The maximum Gasteiger partial charge on any atom is 0.0604 e. The molecule has 2 rings (SSSR count). The Hall–Kier alpha value is -1.18. The maximum absolute atomic E-state index is 3.41. The van der Waals surface area contributed by atoms with Crippen LogP contribution >= 0.6 is 0 Å². The zero-order chi connectivity index (χ0) is 9.26. The normalized spacial score (nSPS) is 15.5. The minimum atomic E-state index is 0.586. The van der Waals surface area contributed by atoms with Crippen LogP contribution in [0.1, 0.15) is 13.8 Å². The lowest BCUT2D eigenvalue weighted by atomic mass is 10.1. The zero-order valence-corrected chi connectivity index (χ0v) is 8.25. The van der Waals surface area contributed by atoms with Crippen molar-refractivity contribution in [3.8, 4) is 0 Å². The number of fused-ring (bicyclic) bond motifs is 1. The number of hydrogen-bond donors (Lipinski definition) is 1. The first-order chi connectivity index (χ1) is 6.29. The van der Waals surface area contributed by atoms with Gasteiger partial charge in [0.25, 0.3) is 0 Å².